The third-order valence-electron chi connectivity index (χ3n) is 3.79. The smallest absolute Gasteiger partial charge is 0.0940 e. The summed E-state index contributed by atoms with van der Waals surface area (Å²) in [6.07, 6.45) is 2.24. The molecule has 4 heteroatoms. The van der Waals surface area contributed by atoms with Gasteiger partial charge in [0.2, 0.25) is 0 Å². The summed E-state index contributed by atoms with van der Waals surface area (Å²) in [7, 11) is 0. The fraction of sp³-hybridized carbons (Fsp3) is 0.438. The molecule has 106 valence electrons. The maximum atomic E-state index is 4.48. The molecular weight excluding hydrogens is 266 g/mol. The van der Waals surface area contributed by atoms with Crippen molar-refractivity contribution in [1.29, 1.82) is 0 Å². The van der Waals surface area contributed by atoms with Crippen LogP contribution in [0.1, 0.15) is 28.6 Å². The Balaban J connectivity index is 1.39. The highest BCUT2D eigenvalue weighted by molar-refractivity contribution is 7.09. The van der Waals surface area contributed by atoms with Gasteiger partial charge in [-0.15, -0.1) is 11.3 Å². The Kier molecular flexibility index (Phi) is 4.33. The van der Waals surface area contributed by atoms with E-state index in [1.807, 2.05) is 0 Å². The molecule has 0 saturated carbocycles. The lowest BCUT2D eigenvalue weighted by Gasteiger charge is -2.10. The lowest BCUT2D eigenvalue weighted by atomic mass is 9.98. The van der Waals surface area contributed by atoms with Crippen molar-refractivity contribution in [3.05, 3.63) is 45.9 Å². The summed E-state index contributed by atoms with van der Waals surface area (Å²) in [4.78, 5) is 4.48. The van der Waals surface area contributed by atoms with Crippen molar-refractivity contribution in [3.63, 3.8) is 0 Å². The molecule has 0 saturated heterocycles. The minimum absolute atomic E-state index is 0.654. The largest absolute Gasteiger partial charge is 0.384 e. The van der Waals surface area contributed by atoms with E-state index in [-0.39, 0.29) is 0 Å². The maximum Gasteiger partial charge on any atom is 0.0940 e. The number of nitrogens with zero attached hydrogens (tertiary/aromatic N) is 1. The van der Waals surface area contributed by atoms with E-state index >= 15 is 0 Å². The minimum atomic E-state index is 0.654. The van der Waals surface area contributed by atoms with Gasteiger partial charge in [-0.05, 0) is 31.5 Å². The van der Waals surface area contributed by atoms with Crippen LogP contribution in [0.15, 0.2) is 29.6 Å². The molecule has 1 aromatic carbocycles. The first-order valence-corrected chi connectivity index (χ1v) is 8.15. The first-order valence-electron chi connectivity index (χ1n) is 7.27. The quantitative estimate of drug-likeness (QED) is 0.801. The van der Waals surface area contributed by atoms with Crippen molar-refractivity contribution in [2.45, 2.75) is 25.7 Å². The van der Waals surface area contributed by atoms with E-state index in [0.717, 1.165) is 31.7 Å². The molecule has 20 heavy (non-hydrogen) atoms. The molecule has 0 radical (unpaired) electrons. The maximum absolute atomic E-state index is 4.48. The Bertz CT molecular complexity index is 564. The second-order valence-corrected chi connectivity index (χ2v) is 6.28. The van der Waals surface area contributed by atoms with Crippen LogP contribution < -0.4 is 10.6 Å². The number of hydrogen-bond acceptors (Lipinski definition) is 4. The van der Waals surface area contributed by atoms with Crippen LogP contribution in [0.4, 0.5) is 5.69 Å². The molecule has 3 rings (SSSR count). The molecule has 2 heterocycles. The van der Waals surface area contributed by atoms with E-state index in [4.69, 9.17) is 0 Å². The third kappa shape index (κ3) is 3.19. The lowest BCUT2D eigenvalue weighted by Crippen LogP contribution is -2.20. The van der Waals surface area contributed by atoms with Crippen molar-refractivity contribution in [2.24, 2.45) is 0 Å². The molecule has 1 aromatic heterocycles. The van der Waals surface area contributed by atoms with E-state index in [9.17, 15) is 0 Å². The number of hydrogen-bond donors (Lipinski definition) is 2. The van der Waals surface area contributed by atoms with E-state index in [0.29, 0.717) is 5.92 Å². The lowest BCUT2D eigenvalue weighted by molar-refractivity contribution is 0.593. The van der Waals surface area contributed by atoms with E-state index < -0.39 is 0 Å². The molecule has 0 aliphatic carbocycles. The van der Waals surface area contributed by atoms with Gasteiger partial charge in [-0.2, -0.15) is 0 Å². The number of nitrogens with one attached hydrogen (secondary N) is 2. The molecule has 0 spiro atoms. The average molecular weight is 287 g/mol. The molecule has 3 nitrogen and oxygen atoms in total. The van der Waals surface area contributed by atoms with Crippen LogP contribution >= 0.6 is 11.3 Å². The van der Waals surface area contributed by atoms with Gasteiger partial charge in [0.15, 0.2) is 0 Å². The Morgan fingerprint density at radius 1 is 1.35 bits per heavy atom. The summed E-state index contributed by atoms with van der Waals surface area (Å²) in [6.45, 7) is 5.23. The third-order valence-corrected chi connectivity index (χ3v) is 4.82. The molecule has 1 unspecified atom stereocenters. The summed E-state index contributed by atoms with van der Waals surface area (Å²) in [5, 5.41) is 10.4. The SMILES string of the molecule is Cc1csc(CCNCCC2CNc3ccccc32)n1. The monoisotopic (exact) mass is 287 g/mol. The van der Waals surface area contributed by atoms with Crippen LogP contribution in [0.3, 0.4) is 0 Å². The van der Waals surface area contributed by atoms with E-state index in [1.165, 1.54) is 22.7 Å². The standard InChI is InChI=1S/C16H21N3S/c1-12-11-20-16(19-12)7-9-17-8-6-13-10-18-15-5-3-2-4-14(13)15/h2-5,11,13,17-18H,6-10H2,1H3. The number of aryl methyl sites for hydroxylation is 1. The summed E-state index contributed by atoms with van der Waals surface area (Å²) in [6, 6.07) is 8.66. The van der Waals surface area contributed by atoms with Crippen LogP contribution in [0.5, 0.6) is 0 Å². The van der Waals surface area contributed by atoms with Gasteiger partial charge in [0.1, 0.15) is 0 Å². The molecule has 2 N–H and O–H groups in total. The number of aromatic nitrogens is 1. The number of anilines is 1. The molecule has 1 aliphatic heterocycles. The number of fused-ring (bicyclic) bond motifs is 1. The first kappa shape index (κ1) is 13.6. The second kappa shape index (κ2) is 6.37. The van der Waals surface area contributed by atoms with Crippen molar-refractivity contribution in [3.8, 4) is 0 Å². The van der Waals surface area contributed by atoms with Gasteiger partial charge in [0, 0.05) is 42.2 Å². The van der Waals surface area contributed by atoms with Crippen LogP contribution in [-0.2, 0) is 6.42 Å². The van der Waals surface area contributed by atoms with E-state index in [2.05, 4.69) is 52.2 Å². The Hall–Kier alpha value is -1.39. The molecule has 1 atom stereocenters. The zero-order valence-electron chi connectivity index (χ0n) is 11.9. The van der Waals surface area contributed by atoms with Crippen molar-refractivity contribution < 1.29 is 0 Å². The van der Waals surface area contributed by atoms with Gasteiger partial charge in [-0.1, -0.05) is 18.2 Å². The fourth-order valence-corrected chi connectivity index (χ4v) is 3.50. The first-order chi connectivity index (χ1) is 9.83. The zero-order valence-corrected chi connectivity index (χ0v) is 12.7. The van der Waals surface area contributed by atoms with Gasteiger partial charge in [0.05, 0.1) is 5.01 Å². The highest BCUT2D eigenvalue weighted by Crippen LogP contribution is 2.32. The topological polar surface area (TPSA) is 37.0 Å². The van der Waals surface area contributed by atoms with Gasteiger partial charge >= 0.3 is 0 Å². The normalized spacial score (nSPS) is 16.9. The van der Waals surface area contributed by atoms with Crippen molar-refractivity contribution in [2.75, 3.05) is 25.0 Å². The number of benzene rings is 1. The number of rotatable bonds is 6. The van der Waals surface area contributed by atoms with Crippen LogP contribution in [-0.4, -0.2) is 24.6 Å². The molecule has 0 bridgehead atoms. The molecule has 1 aliphatic rings. The Morgan fingerprint density at radius 3 is 3.10 bits per heavy atom. The summed E-state index contributed by atoms with van der Waals surface area (Å²) < 4.78 is 0. The van der Waals surface area contributed by atoms with Gasteiger partial charge < -0.3 is 10.6 Å². The molecule has 0 amide bonds. The molecular formula is C16H21N3S. The summed E-state index contributed by atoms with van der Waals surface area (Å²) in [5.74, 6) is 0.654. The summed E-state index contributed by atoms with van der Waals surface area (Å²) in [5.41, 5.74) is 3.93. The molecule has 0 fully saturated rings. The van der Waals surface area contributed by atoms with Gasteiger partial charge in [-0.25, -0.2) is 4.98 Å². The Morgan fingerprint density at radius 2 is 2.25 bits per heavy atom. The number of para-hydroxylation sites is 1. The number of thiazole rings is 1. The highest BCUT2D eigenvalue weighted by atomic mass is 32.1. The predicted octanol–water partition coefficient (Wildman–Crippen LogP) is 3.18. The van der Waals surface area contributed by atoms with Crippen molar-refractivity contribution >= 4 is 17.0 Å². The average Bonchev–Trinajstić information content (AvgIpc) is 3.05. The highest BCUT2D eigenvalue weighted by Gasteiger charge is 2.20. The zero-order chi connectivity index (χ0) is 13.8. The minimum Gasteiger partial charge on any atom is -0.384 e. The van der Waals surface area contributed by atoms with Crippen LogP contribution in [0.25, 0.3) is 0 Å². The van der Waals surface area contributed by atoms with E-state index in [1.54, 1.807) is 11.3 Å². The second-order valence-electron chi connectivity index (χ2n) is 5.34. The summed E-state index contributed by atoms with van der Waals surface area (Å²) >= 11 is 1.76. The predicted molar refractivity (Wildman–Crippen MR) is 85.7 cm³/mol. The fourth-order valence-electron chi connectivity index (χ4n) is 2.73. The van der Waals surface area contributed by atoms with Gasteiger partial charge in [-0.3, -0.25) is 0 Å². The van der Waals surface area contributed by atoms with Crippen molar-refractivity contribution in [1.82, 2.24) is 10.3 Å². The van der Waals surface area contributed by atoms with Gasteiger partial charge in [0.25, 0.3) is 0 Å². The Labute approximate surface area is 124 Å². The molecule has 2 aromatic rings. The van der Waals surface area contributed by atoms with Crippen LogP contribution in [0.2, 0.25) is 0 Å². The van der Waals surface area contributed by atoms with Crippen LogP contribution in [0, 0.1) is 6.92 Å².